The Hall–Kier alpha value is -0.970. The summed E-state index contributed by atoms with van der Waals surface area (Å²) in [5, 5.41) is 1.21. The van der Waals surface area contributed by atoms with Gasteiger partial charge in [0.15, 0.2) is 0 Å². The number of hydrogen-bond donors (Lipinski definition) is 1. The molecule has 1 unspecified atom stereocenters. The van der Waals surface area contributed by atoms with Gasteiger partial charge in [0.2, 0.25) is 0 Å². The third-order valence-electron chi connectivity index (χ3n) is 5.73. The lowest BCUT2D eigenvalue weighted by Gasteiger charge is -2.52. The molecular formula is C18H22BrN3. The van der Waals surface area contributed by atoms with E-state index >= 15 is 0 Å². The van der Waals surface area contributed by atoms with Gasteiger partial charge in [0.1, 0.15) is 0 Å². The molecule has 1 saturated carbocycles. The molecule has 4 heteroatoms. The highest BCUT2D eigenvalue weighted by Crippen LogP contribution is 2.48. The molecule has 1 atom stereocenters. The molecule has 1 spiro atoms. The van der Waals surface area contributed by atoms with Crippen molar-refractivity contribution in [3.63, 3.8) is 0 Å². The number of nitrogens with two attached hydrogens (primary N) is 1. The van der Waals surface area contributed by atoms with Crippen molar-refractivity contribution in [1.82, 2.24) is 9.88 Å². The lowest BCUT2D eigenvalue weighted by Crippen LogP contribution is -2.55. The Morgan fingerprint density at radius 1 is 1.27 bits per heavy atom. The Bertz CT molecular complexity index is 692. The highest BCUT2D eigenvalue weighted by atomic mass is 79.9. The number of hydrogen-bond acceptors (Lipinski definition) is 3. The first-order chi connectivity index (χ1) is 10.7. The number of nitrogens with zero attached hydrogens (tertiary/aromatic N) is 2. The average Bonchev–Trinajstić information content (AvgIpc) is 2.54. The van der Waals surface area contributed by atoms with Crippen molar-refractivity contribution in [3.8, 4) is 0 Å². The molecule has 2 N–H and O–H groups in total. The minimum absolute atomic E-state index is 0.447. The topological polar surface area (TPSA) is 42.1 Å². The molecule has 22 heavy (non-hydrogen) atoms. The van der Waals surface area contributed by atoms with Gasteiger partial charge in [0, 0.05) is 28.6 Å². The standard InChI is InChI=1S/C18H22BrN3/c19-15-10-13-2-1-7-21-17(13)14(11-15)12-22-8-5-18(6-9-22)4-3-16(18)20/h1-2,7,10-11,16H,3-6,8-9,12,20H2. The van der Waals surface area contributed by atoms with Gasteiger partial charge in [-0.3, -0.25) is 9.88 Å². The highest BCUT2D eigenvalue weighted by Gasteiger charge is 2.45. The number of piperidine rings is 1. The van der Waals surface area contributed by atoms with E-state index in [4.69, 9.17) is 5.73 Å². The fourth-order valence-electron chi connectivity index (χ4n) is 4.09. The van der Waals surface area contributed by atoms with E-state index < -0.39 is 0 Å². The van der Waals surface area contributed by atoms with Crippen molar-refractivity contribution in [2.75, 3.05) is 13.1 Å². The van der Waals surface area contributed by atoms with E-state index in [1.54, 1.807) is 0 Å². The van der Waals surface area contributed by atoms with Crippen LogP contribution in [0.4, 0.5) is 0 Å². The van der Waals surface area contributed by atoms with Gasteiger partial charge in [-0.1, -0.05) is 22.0 Å². The lowest BCUT2D eigenvalue weighted by atomic mass is 9.60. The zero-order valence-electron chi connectivity index (χ0n) is 12.8. The number of rotatable bonds is 2. The number of fused-ring (bicyclic) bond motifs is 1. The summed E-state index contributed by atoms with van der Waals surface area (Å²) in [4.78, 5) is 7.15. The van der Waals surface area contributed by atoms with Gasteiger partial charge >= 0.3 is 0 Å². The molecule has 1 aliphatic carbocycles. The number of pyridine rings is 1. The summed E-state index contributed by atoms with van der Waals surface area (Å²) >= 11 is 3.63. The van der Waals surface area contributed by atoms with E-state index in [2.05, 4.69) is 44.0 Å². The molecule has 4 rings (SSSR count). The molecule has 2 heterocycles. The van der Waals surface area contributed by atoms with Crippen LogP contribution in [0, 0.1) is 5.41 Å². The van der Waals surface area contributed by atoms with Crippen LogP contribution in [0.5, 0.6) is 0 Å². The Morgan fingerprint density at radius 2 is 2.09 bits per heavy atom. The number of benzene rings is 1. The van der Waals surface area contributed by atoms with Crippen LogP contribution < -0.4 is 5.73 Å². The molecule has 1 aromatic heterocycles. The first kappa shape index (κ1) is 14.6. The maximum Gasteiger partial charge on any atom is 0.0747 e. The third kappa shape index (κ3) is 2.47. The molecule has 0 radical (unpaired) electrons. The van der Waals surface area contributed by atoms with Crippen LogP contribution in [0.2, 0.25) is 0 Å². The maximum atomic E-state index is 6.25. The summed E-state index contributed by atoms with van der Waals surface area (Å²) in [7, 11) is 0. The minimum atomic E-state index is 0.447. The molecule has 0 amide bonds. The summed E-state index contributed by atoms with van der Waals surface area (Å²) in [6, 6.07) is 8.94. The zero-order valence-corrected chi connectivity index (χ0v) is 14.3. The normalized spacial score (nSPS) is 24.5. The second-order valence-corrected chi connectivity index (χ2v) is 7.84. The average molecular weight is 360 g/mol. The predicted molar refractivity (Wildman–Crippen MR) is 93.6 cm³/mol. The molecule has 116 valence electrons. The smallest absolute Gasteiger partial charge is 0.0747 e. The fraction of sp³-hybridized carbons (Fsp3) is 0.500. The highest BCUT2D eigenvalue weighted by molar-refractivity contribution is 9.10. The Balaban J connectivity index is 1.52. The van der Waals surface area contributed by atoms with Gasteiger partial charge in [-0.2, -0.15) is 0 Å². The SMILES string of the molecule is NC1CCC12CCN(Cc1cc(Br)cc3cccnc13)CC2. The quantitative estimate of drug-likeness (QED) is 0.888. The van der Waals surface area contributed by atoms with Crippen LogP contribution >= 0.6 is 15.9 Å². The van der Waals surface area contributed by atoms with E-state index in [0.29, 0.717) is 11.5 Å². The minimum Gasteiger partial charge on any atom is -0.327 e. The van der Waals surface area contributed by atoms with Gasteiger partial charge in [0.25, 0.3) is 0 Å². The largest absolute Gasteiger partial charge is 0.327 e. The number of likely N-dealkylation sites (tertiary alicyclic amines) is 1. The van der Waals surface area contributed by atoms with Crippen LogP contribution in [0.15, 0.2) is 34.9 Å². The van der Waals surface area contributed by atoms with E-state index in [1.165, 1.54) is 36.6 Å². The van der Waals surface area contributed by atoms with Crippen molar-refractivity contribution < 1.29 is 0 Å². The molecular weight excluding hydrogens is 338 g/mol. The monoisotopic (exact) mass is 359 g/mol. The molecule has 0 bridgehead atoms. The summed E-state index contributed by atoms with van der Waals surface area (Å²) in [5.41, 5.74) is 9.16. The number of aromatic nitrogens is 1. The maximum absolute atomic E-state index is 6.25. The summed E-state index contributed by atoms with van der Waals surface area (Å²) < 4.78 is 1.14. The van der Waals surface area contributed by atoms with E-state index in [1.807, 2.05) is 12.3 Å². The third-order valence-corrected chi connectivity index (χ3v) is 6.19. The van der Waals surface area contributed by atoms with Crippen LogP contribution in [0.1, 0.15) is 31.2 Å². The molecule has 2 aliphatic rings. The van der Waals surface area contributed by atoms with Crippen molar-refractivity contribution >= 4 is 26.8 Å². The van der Waals surface area contributed by atoms with Crippen molar-refractivity contribution in [3.05, 3.63) is 40.5 Å². The van der Waals surface area contributed by atoms with Crippen molar-refractivity contribution in [2.45, 2.75) is 38.3 Å². The summed E-state index contributed by atoms with van der Waals surface area (Å²) in [6.45, 7) is 3.31. The van der Waals surface area contributed by atoms with Crippen LogP contribution in [-0.4, -0.2) is 29.0 Å². The molecule has 1 aromatic carbocycles. The molecule has 3 nitrogen and oxygen atoms in total. The van der Waals surface area contributed by atoms with E-state index in [9.17, 15) is 0 Å². The summed E-state index contributed by atoms with van der Waals surface area (Å²) in [6.07, 6.45) is 6.96. The van der Waals surface area contributed by atoms with Crippen LogP contribution in [0.3, 0.4) is 0 Å². The van der Waals surface area contributed by atoms with E-state index in [0.717, 1.165) is 29.6 Å². The molecule has 1 aliphatic heterocycles. The Morgan fingerprint density at radius 3 is 2.77 bits per heavy atom. The van der Waals surface area contributed by atoms with Crippen LogP contribution in [0.25, 0.3) is 10.9 Å². The fourth-order valence-corrected chi connectivity index (χ4v) is 4.61. The lowest BCUT2D eigenvalue weighted by molar-refractivity contribution is 0.00782. The van der Waals surface area contributed by atoms with Crippen LogP contribution in [-0.2, 0) is 6.54 Å². The molecule has 1 saturated heterocycles. The second-order valence-electron chi connectivity index (χ2n) is 6.92. The van der Waals surface area contributed by atoms with Gasteiger partial charge in [0.05, 0.1) is 5.52 Å². The van der Waals surface area contributed by atoms with Gasteiger partial charge in [-0.05, 0) is 68.0 Å². The predicted octanol–water partition coefficient (Wildman–Crippen LogP) is 3.70. The van der Waals surface area contributed by atoms with E-state index in [-0.39, 0.29) is 0 Å². The summed E-state index contributed by atoms with van der Waals surface area (Å²) in [5.74, 6) is 0. The van der Waals surface area contributed by atoms with Gasteiger partial charge in [-0.25, -0.2) is 0 Å². The molecule has 2 aromatic rings. The van der Waals surface area contributed by atoms with Crippen molar-refractivity contribution in [2.24, 2.45) is 11.1 Å². The Labute approximate surface area is 140 Å². The second kappa shape index (κ2) is 5.59. The molecule has 2 fully saturated rings. The van der Waals surface area contributed by atoms with Crippen molar-refractivity contribution in [1.29, 1.82) is 0 Å². The first-order valence-electron chi connectivity index (χ1n) is 8.17. The number of halogens is 1. The zero-order chi connectivity index (χ0) is 15.2. The van der Waals surface area contributed by atoms with Gasteiger partial charge in [-0.15, -0.1) is 0 Å². The Kier molecular flexibility index (Phi) is 3.71. The van der Waals surface area contributed by atoms with Gasteiger partial charge < -0.3 is 5.73 Å². The first-order valence-corrected chi connectivity index (χ1v) is 8.97.